The van der Waals surface area contributed by atoms with Crippen molar-refractivity contribution in [3.8, 4) is 0 Å². The van der Waals surface area contributed by atoms with E-state index in [0.717, 1.165) is 19.3 Å². The molecule has 0 bridgehead atoms. The quantitative estimate of drug-likeness (QED) is 0.725. The number of rotatable bonds is 6. The molecule has 92 valence electrons. The molecule has 0 aromatic heterocycles. The van der Waals surface area contributed by atoms with Gasteiger partial charge in [-0.15, -0.1) is 0 Å². The van der Waals surface area contributed by atoms with Crippen LogP contribution in [0.3, 0.4) is 0 Å². The third-order valence-electron chi connectivity index (χ3n) is 3.52. The number of hydrogen-bond acceptors (Lipinski definition) is 2. The normalized spacial score (nSPS) is 20.9. The van der Waals surface area contributed by atoms with E-state index in [-0.39, 0.29) is 17.7 Å². The van der Waals surface area contributed by atoms with Gasteiger partial charge in [-0.2, -0.15) is 0 Å². The topological polar surface area (TPSA) is 66.4 Å². The first-order valence-corrected chi connectivity index (χ1v) is 6.00. The minimum Gasteiger partial charge on any atom is -0.480 e. The highest BCUT2D eigenvalue weighted by molar-refractivity contribution is 5.85. The number of hydrogen-bond donors (Lipinski definition) is 2. The van der Waals surface area contributed by atoms with Gasteiger partial charge >= 0.3 is 5.97 Å². The van der Waals surface area contributed by atoms with Gasteiger partial charge in [-0.3, -0.25) is 4.79 Å². The fourth-order valence-electron chi connectivity index (χ4n) is 1.78. The summed E-state index contributed by atoms with van der Waals surface area (Å²) in [6, 6.07) is -0.751. The fraction of sp³-hybridized carbons (Fsp3) is 0.833. The Kier molecular flexibility index (Phi) is 4.33. The molecule has 3 atom stereocenters. The Hall–Kier alpha value is -1.06. The van der Waals surface area contributed by atoms with Gasteiger partial charge in [0, 0.05) is 5.92 Å². The third kappa shape index (κ3) is 3.22. The Morgan fingerprint density at radius 1 is 1.38 bits per heavy atom. The largest absolute Gasteiger partial charge is 0.480 e. The number of amides is 1. The molecular weight excluding hydrogens is 206 g/mol. The molecule has 1 rings (SSSR count). The first-order chi connectivity index (χ1) is 7.47. The van der Waals surface area contributed by atoms with Crippen LogP contribution in [0.25, 0.3) is 0 Å². The molecule has 4 heteroatoms. The van der Waals surface area contributed by atoms with Crippen molar-refractivity contribution in [3.05, 3.63) is 0 Å². The lowest BCUT2D eigenvalue weighted by molar-refractivity contribution is -0.144. The number of carbonyl (C=O) groups is 2. The zero-order chi connectivity index (χ0) is 12.3. The predicted octanol–water partition coefficient (Wildman–Crippen LogP) is 1.65. The van der Waals surface area contributed by atoms with Crippen LogP contribution in [0.4, 0.5) is 0 Å². The molecule has 1 fully saturated rings. The molecule has 0 radical (unpaired) electrons. The SMILES string of the molecule is CC[C@H](C)[C@H](NC(=O)[C@@H](C)C1CC1)C(=O)O. The van der Waals surface area contributed by atoms with Gasteiger partial charge in [-0.1, -0.05) is 27.2 Å². The summed E-state index contributed by atoms with van der Waals surface area (Å²) in [4.78, 5) is 22.8. The average molecular weight is 227 g/mol. The van der Waals surface area contributed by atoms with E-state index in [0.29, 0.717) is 5.92 Å². The van der Waals surface area contributed by atoms with Crippen molar-refractivity contribution in [1.29, 1.82) is 0 Å². The minimum atomic E-state index is -0.939. The monoisotopic (exact) mass is 227 g/mol. The van der Waals surface area contributed by atoms with Crippen molar-refractivity contribution in [2.75, 3.05) is 0 Å². The van der Waals surface area contributed by atoms with E-state index in [1.807, 2.05) is 20.8 Å². The van der Waals surface area contributed by atoms with Crippen molar-refractivity contribution in [2.45, 2.75) is 46.1 Å². The van der Waals surface area contributed by atoms with Crippen LogP contribution in [0.15, 0.2) is 0 Å². The van der Waals surface area contributed by atoms with Crippen LogP contribution in [0.5, 0.6) is 0 Å². The maximum absolute atomic E-state index is 11.8. The van der Waals surface area contributed by atoms with E-state index >= 15 is 0 Å². The Balaban J connectivity index is 2.53. The first kappa shape index (κ1) is 13.0. The number of carbonyl (C=O) groups excluding carboxylic acids is 1. The number of aliphatic carboxylic acids is 1. The highest BCUT2D eigenvalue weighted by Gasteiger charge is 2.35. The maximum Gasteiger partial charge on any atom is 0.326 e. The number of carboxylic acids is 1. The van der Waals surface area contributed by atoms with Crippen LogP contribution in [-0.4, -0.2) is 23.0 Å². The molecule has 0 spiro atoms. The van der Waals surface area contributed by atoms with E-state index in [2.05, 4.69) is 5.32 Å². The Bertz CT molecular complexity index is 273. The lowest BCUT2D eigenvalue weighted by Gasteiger charge is -2.22. The summed E-state index contributed by atoms with van der Waals surface area (Å²) >= 11 is 0. The number of nitrogens with one attached hydrogen (secondary N) is 1. The zero-order valence-corrected chi connectivity index (χ0v) is 10.2. The van der Waals surface area contributed by atoms with Gasteiger partial charge in [0.1, 0.15) is 6.04 Å². The van der Waals surface area contributed by atoms with Crippen LogP contribution < -0.4 is 5.32 Å². The van der Waals surface area contributed by atoms with Crippen LogP contribution in [0.2, 0.25) is 0 Å². The van der Waals surface area contributed by atoms with Gasteiger partial charge in [-0.05, 0) is 24.7 Å². The molecule has 16 heavy (non-hydrogen) atoms. The van der Waals surface area contributed by atoms with Crippen LogP contribution in [0, 0.1) is 17.8 Å². The minimum absolute atomic E-state index is 0.0344. The van der Waals surface area contributed by atoms with Crippen molar-refractivity contribution in [2.24, 2.45) is 17.8 Å². The van der Waals surface area contributed by atoms with Gasteiger partial charge in [-0.25, -0.2) is 4.79 Å². The molecule has 0 saturated heterocycles. The maximum atomic E-state index is 11.8. The molecule has 0 aromatic rings. The highest BCUT2D eigenvalue weighted by atomic mass is 16.4. The Morgan fingerprint density at radius 2 is 1.94 bits per heavy atom. The smallest absolute Gasteiger partial charge is 0.326 e. The second-order valence-electron chi connectivity index (χ2n) is 4.84. The molecule has 0 heterocycles. The summed E-state index contributed by atoms with van der Waals surface area (Å²) in [6.45, 7) is 5.65. The van der Waals surface area contributed by atoms with E-state index in [1.54, 1.807) is 0 Å². The van der Waals surface area contributed by atoms with Gasteiger partial charge < -0.3 is 10.4 Å². The fourth-order valence-corrected chi connectivity index (χ4v) is 1.78. The van der Waals surface area contributed by atoms with Crippen LogP contribution in [-0.2, 0) is 9.59 Å². The van der Waals surface area contributed by atoms with Crippen LogP contribution >= 0.6 is 0 Å². The molecule has 0 aliphatic heterocycles. The average Bonchev–Trinajstić information content (AvgIpc) is 3.06. The molecular formula is C12H21NO3. The first-order valence-electron chi connectivity index (χ1n) is 6.00. The summed E-state index contributed by atoms with van der Waals surface area (Å²) in [5, 5.41) is 11.7. The predicted molar refractivity (Wildman–Crippen MR) is 60.9 cm³/mol. The summed E-state index contributed by atoms with van der Waals surface area (Å²) in [7, 11) is 0. The second-order valence-corrected chi connectivity index (χ2v) is 4.84. The Labute approximate surface area is 96.4 Å². The molecule has 4 nitrogen and oxygen atoms in total. The van der Waals surface area contributed by atoms with E-state index < -0.39 is 12.0 Å². The van der Waals surface area contributed by atoms with Gasteiger partial charge in [0.2, 0.25) is 5.91 Å². The summed E-state index contributed by atoms with van der Waals surface area (Å²) in [5.74, 6) is -0.675. The van der Waals surface area contributed by atoms with Gasteiger partial charge in [0.05, 0.1) is 0 Å². The Morgan fingerprint density at radius 3 is 2.31 bits per heavy atom. The summed E-state index contributed by atoms with van der Waals surface area (Å²) in [5.41, 5.74) is 0. The number of carboxylic acid groups (broad SMARTS) is 1. The van der Waals surface area contributed by atoms with Crippen molar-refractivity contribution in [1.82, 2.24) is 5.32 Å². The van der Waals surface area contributed by atoms with Crippen LogP contribution in [0.1, 0.15) is 40.0 Å². The molecule has 2 N–H and O–H groups in total. The lowest BCUT2D eigenvalue weighted by atomic mass is 9.97. The molecule has 1 amide bonds. The second kappa shape index (κ2) is 5.32. The van der Waals surface area contributed by atoms with Crippen molar-refractivity contribution in [3.63, 3.8) is 0 Å². The lowest BCUT2D eigenvalue weighted by Crippen LogP contribution is -2.47. The van der Waals surface area contributed by atoms with Crippen molar-refractivity contribution >= 4 is 11.9 Å². The molecule has 1 saturated carbocycles. The highest BCUT2D eigenvalue weighted by Crippen LogP contribution is 2.36. The third-order valence-corrected chi connectivity index (χ3v) is 3.52. The van der Waals surface area contributed by atoms with E-state index in [9.17, 15) is 9.59 Å². The molecule has 1 aliphatic rings. The summed E-state index contributed by atoms with van der Waals surface area (Å²) in [6.07, 6.45) is 2.93. The van der Waals surface area contributed by atoms with E-state index in [4.69, 9.17) is 5.11 Å². The van der Waals surface area contributed by atoms with E-state index in [1.165, 1.54) is 0 Å². The molecule has 1 aliphatic carbocycles. The molecule has 0 aromatic carbocycles. The zero-order valence-electron chi connectivity index (χ0n) is 10.2. The van der Waals surface area contributed by atoms with Gasteiger partial charge in [0.25, 0.3) is 0 Å². The molecule has 0 unspecified atom stereocenters. The van der Waals surface area contributed by atoms with Gasteiger partial charge in [0.15, 0.2) is 0 Å². The standard InChI is InChI=1S/C12H21NO3/c1-4-7(2)10(12(15)16)13-11(14)8(3)9-5-6-9/h7-10H,4-6H2,1-3H3,(H,13,14)(H,15,16)/t7-,8-,10-/m0/s1. The van der Waals surface area contributed by atoms with Crippen molar-refractivity contribution < 1.29 is 14.7 Å². The summed E-state index contributed by atoms with van der Waals surface area (Å²) < 4.78 is 0.